The van der Waals surface area contributed by atoms with E-state index in [9.17, 15) is 23.1 Å². The lowest BCUT2D eigenvalue weighted by molar-refractivity contribution is -0.136. The molecule has 0 amide bonds. The van der Waals surface area contributed by atoms with Gasteiger partial charge in [-0.15, -0.1) is 0 Å². The zero-order valence-electron chi connectivity index (χ0n) is 16.9. The van der Waals surface area contributed by atoms with Crippen LogP contribution in [0.3, 0.4) is 0 Å². The Hall–Kier alpha value is -2.19. The molecular formula is C22H26F3N3O2. The molecule has 2 fully saturated rings. The first kappa shape index (κ1) is 21.1. The van der Waals surface area contributed by atoms with Crippen molar-refractivity contribution in [2.75, 3.05) is 37.6 Å². The number of piperidine rings is 1. The molecule has 2 aromatic rings. The van der Waals surface area contributed by atoms with Crippen molar-refractivity contribution in [1.82, 2.24) is 9.88 Å². The first-order valence-electron chi connectivity index (χ1n) is 10.3. The van der Waals surface area contributed by atoms with Crippen molar-refractivity contribution in [1.29, 1.82) is 0 Å². The summed E-state index contributed by atoms with van der Waals surface area (Å²) in [4.78, 5) is 20.5. The summed E-state index contributed by atoms with van der Waals surface area (Å²) in [6, 6.07) is 5.98. The van der Waals surface area contributed by atoms with Gasteiger partial charge in [0.25, 0.3) is 0 Å². The Kier molecular flexibility index (Phi) is 5.72. The van der Waals surface area contributed by atoms with Crippen LogP contribution < -0.4 is 4.90 Å². The van der Waals surface area contributed by atoms with E-state index in [0.29, 0.717) is 43.9 Å². The number of hydrogen-bond acceptors (Lipinski definition) is 5. The summed E-state index contributed by atoms with van der Waals surface area (Å²) in [5.74, 6) is 0.637. The number of carbonyl (C=O) groups is 1. The number of hydrogen-bond donors (Lipinski definition) is 1. The first-order chi connectivity index (χ1) is 14.2. The minimum absolute atomic E-state index is 0.0373. The summed E-state index contributed by atoms with van der Waals surface area (Å²) in [5.41, 5.74) is -0.0268. The van der Waals surface area contributed by atoms with Crippen LogP contribution in [0.25, 0.3) is 10.9 Å². The molecule has 2 saturated heterocycles. The van der Waals surface area contributed by atoms with Crippen LogP contribution in [0.5, 0.6) is 0 Å². The quantitative estimate of drug-likeness (QED) is 0.803. The van der Waals surface area contributed by atoms with E-state index in [0.717, 1.165) is 24.7 Å². The molecule has 3 heterocycles. The van der Waals surface area contributed by atoms with E-state index >= 15 is 0 Å². The molecule has 1 N–H and O–H groups in total. The van der Waals surface area contributed by atoms with Crippen LogP contribution >= 0.6 is 0 Å². The van der Waals surface area contributed by atoms with Crippen molar-refractivity contribution in [3.8, 4) is 0 Å². The number of anilines is 1. The molecule has 2 aliphatic heterocycles. The average Bonchev–Trinajstić information content (AvgIpc) is 2.64. The number of likely N-dealkylation sites (tertiary alicyclic amines) is 1. The fourth-order valence-electron chi connectivity index (χ4n) is 4.79. The molecule has 0 bridgehead atoms. The molecule has 30 heavy (non-hydrogen) atoms. The zero-order valence-corrected chi connectivity index (χ0v) is 16.9. The Bertz CT molecular complexity index is 927. The second kappa shape index (κ2) is 8.15. The Morgan fingerprint density at radius 3 is 2.67 bits per heavy atom. The number of benzene rings is 1. The lowest BCUT2D eigenvalue weighted by Gasteiger charge is -2.39. The molecule has 5 nitrogen and oxygen atoms in total. The first-order valence-corrected chi connectivity index (χ1v) is 10.3. The highest BCUT2D eigenvalue weighted by atomic mass is 19.4. The maximum Gasteiger partial charge on any atom is 0.418 e. The van der Waals surface area contributed by atoms with Crippen LogP contribution in [0, 0.1) is 11.8 Å². The topological polar surface area (TPSA) is 56.7 Å². The monoisotopic (exact) mass is 421 g/mol. The van der Waals surface area contributed by atoms with E-state index in [-0.39, 0.29) is 23.3 Å². The fraction of sp³-hybridized carbons (Fsp3) is 0.545. The largest absolute Gasteiger partial charge is 0.418 e. The number of ketones is 1. The number of rotatable bonds is 5. The van der Waals surface area contributed by atoms with Gasteiger partial charge in [0.1, 0.15) is 5.78 Å². The van der Waals surface area contributed by atoms with Gasteiger partial charge < -0.3 is 10.0 Å². The van der Waals surface area contributed by atoms with E-state index in [4.69, 9.17) is 0 Å². The minimum Gasteiger partial charge on any atom is -0.390 e. The smallest absolute Gasteiger partial charge is 0.390 e. The average molecular weight is 421 g/mol. The van der Waals surface area contributed by atoms with Crippen molar-refractivity contribution in [2.45, 2.75) is 32.0 Å². The minimum atomic E-state index is -4.46. The van der Waals surface area contributed by atoms with Gasteiger partial charge >= 0.3 is 6.18 Å². The highest BCUT2D eigenvalue weighted by Crippen LogP contribution is 2.39. The van der Waals surface area contributed by atoms with E-state index in [1.54, 1.807) is 12.1 Å². The number of fused-ring (bicyclic) bond motifs is 1. The third-order valence-electron chi connectivity index (χ3n) is 5.99. The summed E-state index contributed by atoms with van der Waals surface area (Å²) in [5, 5.41) is 9.86. The highest BCUT2D eigenvalue weighted by molar-refractivity contribution is 5.94. The van der Waals surface area contributed by atoms with Crippen LogP contribution in [-0.4, -0.2) is 59.6 Å². The zero-order chi connectivity index (χ0) is 21.5. The summed E-state index contributed by atoms with van der Waals surface area (Å²) in [6.45, 7) is 4.93. The number of Topliss-reactive ketones (excluding diaryl/α,β-unsaturated/α-hetero) is 1. The molecule has 162 valence electrons. The van der Waals surface area contributed by atoms with Crippen LogP contribution in [-0.2, 0) is 11.0 Å². The van der Waals surface area contributed by atoms with Crippen LogP contribution in [0.1, 0.15) is 25.3 Å². The Balaban J connectivity index is 1.53. The lowest BCUT2D eigenvalue weighted by Crippen LogP contribution is -2.52. The van der Waals surface area contributed by atoms with Gasteiger partial charge in [-0.25, -0.2) is 0 Å². The molecule has 0 saturated carbocycles. The molecular weight excluding hydrogens is 395 g/mol. The third kappa shape index (κ3) is 4.44. The predicted molar refractivity (Wildman–Crippen MR) is 108 cm³/mol. The highest BCUT2D eigenvalue weighted by Gasteiger charge is 2.35. The number of alkyl halides is 3. The third-order valence-corrected chi connectivity index (χ3v) is 5.99. The molecule has 1 aromatic carbocycles. The Morgan fingerprint density at radius 2 is 1.97 bits per heavy atom. The molecule has 4 rings (SSSR count). The Labute approximate surface area is 173 Å². The van der Waals surface area contributed by atoms with Crippen molar-refractivity contribution >= 4 is 22.4 Å². The number of aliphatic hydroxyl groups is 1. The van der Waals surface area contributed by atoms with Gasteiger partial charge in [0.15, 0.2) is 0 Å². The van der Waals surface area contributed by atoms with Gasteiger partial charge in [0, 0.05) is 49.9 Å². The van der Waals surface area contributed by atoms with E-state index in [1.807, 2.05) is 4.90 Å². The second-order valence-electron chi connectivity index (χ2n) is 8.73. The van der Waals surface area contributed by atoms with Gasteiger partial charge in [-0.2, -0.15) is 13.2 Å². The van der Waals surface area contributed by atoms with Crippen molar-refractivity contribution in [3.63, 3.8) is 0 Å². The number of halogens is 3. The molecule has 0 aliphatic carbocycles. The number of β-amino-alcohol motifs (C(OH)–C–C–N with tert-alkyl or cyclic N) is 1. The summed E-state index contributed by atoms with van der Waals surface area (Å²) >= 11 is 0. The Morgan fingerprint density at radius 1 is 1.20 bits per heavy atom. The van der Waals surface area contributed by atoms with Crippen molar-refractivity contribution in [2.24, 2.45) is 11.8 Å². The number of nitrogens with zero attached hydrogens (tertiary/aromatic N) is 3. The standard InChI is InChI=1S/C22H26F3N3O2/c1-14-7-15(8-16(29)11-27-12-17(30)13-27)10-28(9-14)20-5-4-19(22(23,24)25)21-18(20)3-2-6-26-21/h2-6,14-15,17,30H,7-13H2,1H3/t14-,15-/m0/s1. The summed E-state index contributed by atoms with van der Waals surface area (Å²) in [6.07, 6.45) is -2.04. The molecule has 0 spiro atoms. The van der Waals surface area contributed by atoms with Gasteiger partial charge in [-0.3, -0.25) is 14.7 Å². The fourth-order valence-corrected chi connectivity index (χ4v) is 4.79. The van der Waals surface area contributed by atoms with E-state index in [1.165, 1.54) is 12.3 Å². The second-order valence-corrected chi connectivity index (χ2v) is 8.73. The van der Waals surface area contributed by atoms with Crippen molar-refractivity contribution < 1.29 is 23.1 Å². The van der Waals surface area contributed by atoms with Gasteiger partial charge in [-0.1, -0.05) is 6.92 Å². The van der Waals surface area contributed by atoms with Gasteiger partial charge in [0.2, 0.25) is 0 Å². The van der Waals surface area contributed by atoms with Crippen LogP contribution in [0.4, 0.5) is 18.9 Å². The van der Waals surface area contributed by atoms with Crippen LogP contribution in [0.15, 0.2) is 30.5 Å². The van der Waals surface area contributed by atoms with Crippen molar-refractivity contribution in [3.05, 3.63) is 36.0 Å². The summed E-state index contributed by atoms with van der Waals surface area (Å²) in [7, 11) is 0. The lowest BCUT2D eigenvalue weighted by atomic mass is 9.86. The summed E-state index contributed by atoms with van der Waals surface area (Å²) < 4.78 is 40.2. The number of aromatic nitrogens is 1. The van der Waals surface area contributed by atoms with Gasteiger partial charge in [-0.05, 0) is 42.5 Å². The number of aliphatic hydroxyl groups excluding tert-OH is 1. The van der Waals surface area contributed by atoms with Crippen LogP contribution in [0.2, 0.25) is 0 Å². The SMILES string of the molecule is C[C@H]1C[C@@H](CC(=O)CN2CC(O)C2)CN(c2ccc(C(F)(F)F)c3ncccc23)C1. The molecule has 0 unspecified atom stereocenters. The van der Waals surface area contributed by atoms with E-state index in [2.05, 4.69) is 16.8 Å². The van der Waals surface area contributed by atoms with Gasteiger partial charge in [0.05, 0.1) is 23.7 Å². The molecule has 2 atom stereocenters. The maximum absolute atomic E-state index is 13.4. The normalized spacial score (nSPS) is 23.6. The number of pyridine rings is 1. The molecule has 8 heteroatoms. The molecule has 0 radical (unpaired) electrons. The molecule has 2 aliphatic rings. The van der Waals surface area contributed by atoms with E-state index < -0.39 is 11.7 Å². The predicted octanol–water partition coefficient (Wildman–Crippen LogP) is 3.35. The molecule has 1 aromatic heterocycles. The number of carbonyl (C=O) groups excluding carboxylic acids is 1. The maximum atomic E-state index is 13.4.